The fourth-order valence-electron chi connectivity index (χ4n) is 5.90. The molecule has 2 aromatic rings. The predicted molar refractivity (Wildman–Crippen MR) is 134 cm³/mol. The van der Waals surface area contributed by atoms with Gasteiger partial charge in [-0.1, -0.05) is 6.42 Å². The molecular weight excluding hydrogens is 499 g/mol. The van der Waals surface area contributed by atoms with Crippen molar-refractivity contribution in [1.29, 1.82) is 0 Å². The zero-order chi connectivity index (χ0) is 26.3. The van der Waals surface area contributed by atoms with E-state index in [2.05, 4.69) is 19.8 Å². The van der Waals surface area contributed by atoms with E-state index in [0.29, 0.717) is 31.8 Å². The van der Waals surface area contributed by atoms with Crippen LogP contribution >= 0.6 is 0 Å². The molecule has 0 bridgehead atoms. The number of amides is 1. The Hall–Kier alpha value is -3.08. The standard InChI is InChI=1S/C27H32F3N5O3/c28-27(29,30)19-14-22(16-31-15-19)35-18-26(38-25(35)36)8-12-34(13-9-26)21-4-5-24(32-17-21)37-23-6-10-33(11-7-23)20-2-1-3-20/h4-5,14-17,20,23H,1-3,6-13,18H2. The van der Waals surface area contributed by atoms with E-state index in [1.807, 2.05) is 18.3 Å². The second-order valence-corrected chi connectivity index (χ2v) is 10.8. The Bertz CT molecular complexity index is 1140. The normalized spacial score (nSPS) is 23.0. The van der Waals surface area contributed by atoms with Gasteiger partial charge in [0.2, 0.25) is 5.88 Å². The van der Waals surface area contributed by atoms with Crippen molar-refractivity contribution in [2.75, 3.05) is 42.5 Å². The van der Waals surface area contributed by atoms with Crippen LogP contribution in [0.5, 0.6) is 5.88 Å². The highest BCUT2D eigenvalue weighted by molar-refractivity contribution is 5.90. The molecule has 1 aliphatic carbocycles. The van der Waals surface area contributed by atoms with Gasteiger partial charge in [0.25, 0.3) is 0 Å². The van der Waals surface area contributed by atoms with Gasteiger partial charge in [-0.15, -0.1) is 0 Å². The fraction of sp³-hybridized carbons (Fsp3) is 0.593. The van der Waals surface area contributed by atoms with Crippen molar-refractivity contribution in [3.05, 3.63) is 42.4 Å². The smallest absolute Gasteiger partial charge is 0.417 e. The summed E-state index contributed by atoms with van der Waals surface area (Å²) in [6, 6.07) is 5.64. The number of likely N-dealkylation sites (tertiary alicyclic amines) is 1. The number of carbonyl (C=O) groups is 1. The molecule has 3 saturated heterocycles. The first-order valence-corrected chi connectivity index (χ1v) is 13.4. The largest absolute Gasteiger partial charge is 0.474 e. The maximum Gasteiger partial charge on any atom is 0.417 e. The minimum atomic E-state index is -4.53. The lowest BCUT2D eigenvalue weighted by Gasteiger charge is -2.41. The maximum absolute atomic E-state index is 13.1. The predicted octanol–water partition coefficient (Wildman–Crippen LogP) is 4.89. The first-order valence-electron chi connectivity index (χ1n) is 13.4. The van der Waals surface area contributed by atoms with Crippen molar-refractivity contribution in [3.63, 3.8) is 0 Å². The van der Waals surface area contributed by atoms with Crippen molar-refractivity contribution in [2.24, 2.45) is 0 Å². The summed E-state index contributed by atoms with van der Waals surface area (Å²) < 4.78 is 51.2. The molecule has 2 aromatic heterocycles. The van der Waals surface area contributed by atoms with Crippen LogP contribution in [-0.2, 0) is 10.9 Å². The van der Waals surface area contributed by atoms with Crippen LogP contribution in [0.2, 0.25) is 0 Å². The molecule has 1 saturated carbocycles. The molecule has 5 heterocycles. The first-order chi connectivity index (χ1) is 18.3. The van der Waals surface area contributed by atoms with Gasteiger partial charge in [0.05, 0.1) is 35.9 Å². The average molecular weight is 532 g/mol. The summed E-state index contributed by atoms with van der Waals surface area (Å²) in [7, 11) is 0. The molecule has 0 atom stereocenters. The Labute approximate surface area is 219 Å². The van der Waals surface area contributed by atoms with Crippen LogP contribution in [0.25, 0.3) is 0 Å². The van der Waals surface area contributed by atoms with Crippen molar-refractivity contribution in [3.8, 4) is 5.88 Å². The minimum absolute atomic E-state index is 0.0950. The summed E-state index contributed by atoms with van der Waals surface area (Å²) in [5.41, 5.74) is -0.558. The van der Waals surface area contributed by atoms with Crippen LogP contribution in [0.1, 0.15) is 50.5 Å². The molecule has 204 valence electrons. The minimum Gasteiger partial charge on any atom is -0.474 e. The van der Waals surface area contributed by atoms with Crippen LogP contribution in [0.4, 0.5) is 29.3 Å². The maximum atomic E-state index is 13.1. The van der Waals surface area contributed by atoms with Crippen LogP contribution in [0, 0.1) is 0 Å². The highest BCUT2D eigenvalue weighted by atomic mass is 19.4. The Morgan fingerprint density at radius 2 is 1.74 bits per heavy atom. The highest BCUT2D eigenvalue weighted by Gasteiger charge is 2.48. The van der Waals surface area contributed by atoms with Gasteiger partial charge in [-0.25, -0.2) is 9.78 Å². The van der Waals surface area contributed by atoms with E-state index in [1.165, 1.54) is 30.4 Å². The molecular formula is C27H32F3N5O3. The molecule has 0 aromatic carbocycles. The van der Waals surface area contributed by atoms with Gasteiger partial charge in [-0.2, -0.15) is 13.2 Å². The molecule has 4 fully saturated rings. The Morgan fingerprint density at radius 3 is 2.37 bits per heavy atom. The van der Waals surface area contributed by atoms with Gasteiger partial charge >= 0.3 is 12.3 Å². The number of hydrogen-bond donors (Lipinski definition) is 0. The van der Waals surface area contributed by atoms with Gasteiger partial charge in [0.15, 0.2) is 0 Å². The number of pyridine rings is 2. The van der Waals surface area contributed by atoms with E-state index in [4.69, 9.17) is 9.47 Å². The van der Waals surface area contributed by atoms with E-state index in [0.717, 1.165) is 49.9 Å². The Morgan fingerprint density at radius 1 is 0.974 bits per heavy atom. The topological polar surface area (TPSA) is 71.0 Å². The summed E-state index contributed by atoms with van der Waals surface area (Å²) in [4.78, 5) is 26.8. The number of halogens is 3. The Balaban J connectivity index is 1.02. The molecule has 0 unspecified atom stereocenters. The highest BCUT2D eigenvalue weighted by Crippen LogP contribution is 2.38. The van der Waals surface area contributed by atoms with Gasteiger partial charge < -0.3 is 19.3 Å². The molecule has 6 rings (SSSR count). The average Bonchev–Trinajstić information content (AvgIpc) is 3.20. The lowest BCUT2D eigenvalue weighted by Crippen LogP contribution is -2.47. The van der Waals surface area contributed by atoms with Gasteiger partial charge in [-0.3, -0.25) is 9.88 Å². The number of rotatable bonds is 5. The second kappa shape index (κ2) is 9.91. The van der Waals surface area contributed by atoms with Crippen molar-refractivity contribution < 1.29 is 27.4 Å². The molecule has 8 nitrogen and oxygen atoms in total. The number of aromatic nitrogens is 2. The van der Waals surface area contributed by atoms with Crippen LogP contribution < -0.4 is 14.5 Å². The summed E-state index contributed by atoms with van der Waals surface area (Å²) in [6.45, 7) is 3.67. The second-order valence-electron chi connectivity index (χ2n) is 10.8. The van der Waals surface area contributed by atoms with Crippen molar-refractivity contribution in [1.82, 2.24) is 14.9 Å². The monoisotopic (exact) mass is 531 g/mol. The van der Waals surface area contributed by atoms with Crippen LogP contribution in [0.3, 0.4) is 0 Å². The summed E-state index contributed by atoms with van der Waals surface area (Å²) in [5, 5.41) is 0. The molecule has 0 N–H and O–H groups in total. The third kappa shape index (κ3) is 5.12. The van der Waals surface area contributed by atoms with E-state index in [-0.39, 0.29) is 18.3 Å². The number of anilines is 2. The van der Waals surface area contributed by atoms with E-state index in [1.54, 1.807) is 0 Å². The van der Waals surface area contributed by atoms with Crippen molar-refractivity contribution in [2.45, 2.75) is 68.9 Å². The summed E-state index contributed by atoms with van der Waals surface area (Å²) in [5.74, 6) is 0.638. The van der Waals surface area contributed by atoms with Gasteiger partial charge in [-0.05, 0) is 37.8 Å². The molecule has 11 heteroatoms. The summed E-state index contributed by atoms with van der Waals surface area (Å²) >= 11 is 0. The third-order valence-corrected chi connectivity index (χ3v) is 8.45. The molecule has 1 spiro atoms. The zero-order valence-electron chi connectivity index (χ0n) is 21.2. The number of nitrogens with zero attached hydrogens (tertiary/aromatic N) is 5. The number of ether oxygens (including phenoxy) is 2. The molecule has 1 amide bonds. The van der Waals surface area contributed by atoms with Crippen LogP contribution in [-0.4, -0.2) is 71.4 Å². The van der Waals surface area contributed by atoms with Crippen LogP contribution in [0.15, 0.2) is 36.8 Å². The third-order valence-electron chi connectivity index (χ3n) is 8.45. The van der Waals surface area contributed by atoms with E-state index < -0.39 is 23.4 Å². The SMILES string of the molecule is O=C1OC2(CCN(c3ccc(OC4CCN(C5CCC5)CC4)nc3)CC2)CN1c1cncc(C(F)(F)F)c1. The van der Waals surface area contributed by atoms with E-state index >= 15 is 0 Å². The van der Waals surface area contributed by atoms with Crippen molar-refractivity contribution >= 4 is 17.5 Å². The quantitative estimate of drug-likeness (QED) is 0.544. The number of carbonyl (C=O) groups excluding carboxylic acids is 1. The molecule has 3 aliphatic heterocycles. The lowest BCUT2D eigenvalue weighted by molar-refractivity contribution is -0.137. The zero-order valence-corrected chi connectivity index (χ0v) is 21.2. The number of hydrogen-bond acceptors (Lipinski definition) is 7. The van der Waals surface area contributed by atoms with E-state index in [9.17, 15) is 18.0 Å². The first kappa shape index (κ1) is 25.2. The lowest BCUT2D eigenvalue weighted by atomic mass is 9.90. The molecule has 38 heavy (non-hydrogen) atoms. The van der Waals surface area contributed by atoms with Gasteiger partial charge in [0.1, 0.15) is 11.7 Å². The number of alkyl halides is 3. The molecule has 0 radical (unpaired) electrons. The Kier molecular flexibility index (Phi) is 6.57. The van der Waals surface area contributed by atoms with Gasteiger partial charge in [0, 0.05) is 57.3 Å². The molecule has 4 aliphatic rings. The number of piperidine rings is 2. The fourth-order valence-corrected chi connectivity index (χ4v) is 5.90. The summed E-state index contributed by atoms with van der Waals surface area (Å²) in [6.07, 6.45) is 6.08.